The van der Waals surface area contributed by atoms with Gasteiger partial charge in [0, 0.05) is 6.16 Å². The summed E-state index contributed by atoms with van der Waals surface area (Å²) in [6.45, 7) is 0. The van der Waals surface area contributed by atoms with E-state index >= 15 is 0 Å². The van der Waals surface area contributed by atoms with Gasteiger partial charge in [0.2, 0.25) is 7.14 Å². The molecule has 0 atom stereocenters. The molecule has 0 heterocycles. The molecule has 162 valence electrons. The predicted octanol–water partition coefficient (Wildman–Crippen LogP) is 7.80. The molecule has 0 bridgehead atoms. The predicted molar refractivity (Wildman–Crippen MR) is 79.5 cm³/mol. The summed E-state index contributed by atoms with van der Waals surface area (Å²) in [5.74, 6) is 0.699. The number of hydrogen-bond donors (Lipinski definition) is 0. The maximum absolute atomic E-state index is 13.4. The third-order valence-corrected chi connectivity index (χ3v) is 7.89. The Morgan fingerprint density at radius 2 is 1.00 bits per heavy atom. The van der Waals surface area contributed by atoms with Crippen LogP contribution in [0.1, 0.15) is 57.8 Å². The molecule has 1 nitrogen and oxygen atoms in total. The summed E-state index contributed by atoms with van der Waals surface area (Å²) in [5.41, 5.74) is -13.3. The van der Waals surface area contributed by atoms with Gasteiger partial charge in [-0.2, -0.15) is 43.9 Å². The molecule has 1 fully saturated rings. The van der Waals surface area contributed by atoms with Gasteiger partial charge < -0.3 is 4.57 Å². The van der Waals surface area contributed by atoms with E-state index in [1.165, 1.54) is 0 Å². The summed E-state index contributed by atoms with van der Waals surface area (Å²) in [5, 5.41) is 0. The summed E-state index contributed by atoms with van der Waals surface area (Å²) in [7, 11) is -7.35. The van der Waals surface area contributed by atoms with Crippen LogP contribution in [0.25, 0.3) is 0 Å². The highest BCUT2D eigenvalue weighted by atomic mass is 31.2. The lowest BCUT2D eigenvalue weighted by atomic mass is 10.1. The van der Waals surface area contributed by atoms with Gasteiger partial charge in [-0.05, 0) is 12.3 Å². The second-order valence-electron chi connectivity index (χ2n) is 6.89. The lowest BCUT2D eigenvalue weighted by Crippen LogP contribution is -2.48. The molecule has 27 heavy (non-hydrogen) atoms. The number of halogens is 10. The van der Waals surface area contributed by atoms with Crippen molar-refractivity contribution < 1.29 is 48.5 Å². The molecule has 0 aromatic carbocycles. The lowest BCUT2D eigenvalue weighted by molar-refractivity contribution is -0.266. The minimum atomic E-state index is -7.35. The Bertz CT molecular complexity index is 492. The average Bonchev–Trinajstić information content (AvgIpc) is 3.31. The highest BCUT2D eigenvalue weighted by molar-refractivity contribution is 7.66. The van der Waals surface area contributed by atoms with Crippen molar-refractivity contribution in [3.05, 3.63) is 0 Å². The molecule has 0 saturated heterocycles. The van der Waals surface area contributed by atoms with E-state index in [4.69, 9.17) is 0 Å². The zero-order chi connectivity index (χ0) is 21.1. The van der Waals surface area contributed by atoms with Crippen molar-refractivity contribution in [1.29, 1.82) is 0 Å². The van der Waals surface area contributed by atoms with E-state index in [0.29, 0.717) is 12.3 Å². The molecule has 0 unspecified atom stereocenters. The molecule has 0 radical (unpaired) electrons. The highest BCUT2D eigenvalue weighted by Crippen LogP contribution is 2.77. The quantitative estimate of drug-likeness (QED) is 0.183. The molecule has 1 aliphatic rings. The monoisotopic (exact) mass is 438 g/mol. The summed E-state index contributed by atoms with van der Waals surface area (Å²) < 4.78 is 140. The van der Waals surface area contributed by atoms with Crippen LogP contribution >= 0.6 is 7.14 Å². The van der Waals surface area contributed by atoms with Crippen LogP contribution in [0.3, 0.4) is 0 Å². The topological polar surface area (TPSA) is 17.1 Å². The molecule has 0 aromatic rings. The maximum Gasteiger partial charge on any atom is 0.461 e. The van der Waals surface area contributed by atoms with Crippen molar-refractivity contribution in [2.24, 2.45) is 5.92 Å². The maximum atomic E-state index is 13.4. The fraction of sp³-hybridized carbons (Fsp3) is 1.00. The Hall–Kier alpha value is -0.470. The molecule has 0 amide bonds. The third kappa shape index (κ3) is 5.54. The van der Waals surface area contributed by atoms with Crippen molar-refractivity contribution in [2.45, 2.75) is 81.5 Å². The second kappa shape index (κ2) is 8.49. The lowest BCUT2D eigenvalue weighted by Gasteiger charge is -2.35. The SMILES string of the molecule is O=P(CCCCCCCCC1CC1)(C(F)(F)C(F)(F)F)C(F)(F)C(F)(F)F. The summed E-state index contributed by atoms with van der Waals surface area (Å²) in [6.07, 6.45) is -10.8. The van der Waals surface area contributed by atoms with Crippen molar-refractivity contribution in [3.8, 4) is 0 Å². The van der Waals surface area contributed by atoms with E-state index in [-0.39, 0.29) is 12.8 Å². The van der Waals surface area contributed by atoms with Crippen molar-refractivity contribution in [3.63, 3.8) is 0 Å². The number of rotatable bonds is 11. The van der Waals surface area contributed by atoms with Gasteiger partial charge in [0.25, 0.3) is 0 Å². The van der Waals surface area contributed by atoms with Crippen molar-refractivity contribution >= 4 is 7.14 Å². The standard InChI is InChI=1S/C15H21F10OP/c16-12(17,18)14(22,23)27(26,15(24,25)13(19,20)21)10-6-4-2-1-3-5-7-11-8-9-11/h11H,1-10H2. The van der Waals surface area contributed by atoms with Gasteiger partial charge in [0.1, 0.15) is 0 Å². The Balaban J connectivity index is 2.71. The van der Waals surface area contributed by atoms with E-state index in [9.17, 15) is 48.5 Å². The Morgan fingerprint density at radius 1 is 0.630 bits per heavy atom. The van der Waals surface area contributed by atoms with Crippen LogP contribution in [-0.4, -0.2) is 29.8 Å². The molecular weight excluding hydrogens is 417 g/mol. The van der Waals surface area contributed by atoms with Crippen LogP contribution in [0.2, 0.25) is 0 Å². The van der Waals surface area contributed by atoms with E-state index in [0.717, 1.165) is 32.1 Å². The van der Waals surface area contributed by atoms with Gasteiger partial charge in [0.05, 0.1) is 0 Å². The zero-order valence-electron chi connectivity index (χ0n) is 14.3. The average molecular weight is 438 g/mol. The Morgan fingerprint density at radius 3 is 1.37 bits per heavy atom. The molecule has 0 N–H and O–H groups in total. The molecule has 1 saturated carbocycles. The fourth-order valence-corrected chi connectivity index (χ4v) is 5.15. The molecule has 0 spiro atoms. The first-order valence-corrected chi connectivity index (χ1v) is 10.5. The minimum Gasteiger partial charge on any atom is -0.310 e. The van der Waals surface area contributed by atoms with Gasteiger partial charge in [0.15, 0.2) is 0 Å². The first kappa shape index (κ1) is 24.6. The van der Waals surface area contributed by atoms with Gasteiger partial charge >= 0.3 is 23.7 Å². The summed E-state index contributed by atoms with van der Waals surface area (Å²) >= 11 is 0. The molecular formula is C15H21F10OP. The molecule has 0 aliphatic heterocycles. The zero-order valence-corrected chi connectivity index (χ0v) is 15.2. The highest BCUT2D eigenvalue weighted by Gasteiger charge is 2.82. The van der Waals surface area contributed by atoms with Crippen LogP contribution in [0.5, 0.6) is 0 Å². The van der Waals surface area contributed by atoms with E-state index in [2.05, 4.69) is 0 Å². The van der Waals surface area contributed by atoms with Gasteiger partial charge in [-0.3, -0.25) is 0 Å². The van der Waals surface area contributed by atoms with Crippen molar-refractivity contribution in [2.75, 3.05) is 6.16 Å². The Labute approximate surface area is 150 Å². The second-order valence-corrected chi connectivity index (χ2v) is 9.94. The first-order chi connectivity index (χ1) is 12.1. The van der Waals surface area contributed by atoms with Gasteiger partial charge in [-0.25, -0.2) is 0 Å². The van der Waals surface area contributed by atoms with Crippen LogP contribution in [0.4, 0.5) is 43.9 Å². The van der Waals surface area contributed by atoms with E-state index in [1.54, 1.807) is 0 Å². The van der Waals surface area contributed by atoms with Gasteiger partial charge in [-0.15, -0.1) is 0 Å². The molecule has 1 aliphatic carbocycles. The van der Waals surface area contributed by atoms with Crippen LogP contribution in [0.15, 0.2) is 0 Å². The van der Waals surface area contributed by atoms with Crippen LogP contribution in [-0.2, 0) is 4.57 Å². The van der Waals surface area contributed by atoms with E-state index < -0.39 is 43.4 Å². The first-order valence-electron chi connectivity index (χ1n) is 8.56. The van der Waals surface area contributed by atoms with Crippen molar-refractivity contribution in [1.82, 2.24) is 0 Å². The Kier molecular flexibility index (Phi) is 7.73. The minimum absolute atomic E-state index is 0.157. The fourth-order valence-electron chi connectivity index (χ4n) is 2.75. The number of hydrogen-bond acceptors (Lipinski definition) is 1. The normalized spacial score (nSPS) is 17.4. The summed E-state index contributed by atoms with van der Waals surface area (Å²) in [6, 6.07) is 0. The summed E-state index contributed by atoms with van der Waals surface area (Å²) in [4.78, 5) is 0. The number of unbranched alkanes of at least 4 members (excludes halogenated alkanes) is 5. The van der Waals surface area contributed by atoms with Gasteiger partial charge in [-0.1, -0.05) is 51.4 Å². The van der Waals surface area contributed by atoms with E-state index in [1.807, 2.05) is 0 Å². The third-order valence-electron chi connectivity index (χ3n) is 4.62. The smallest absolute Gasteiger partial charge is 0.310 e. The van der Waals surface area contributed by atoms with Crippen LogP contribution < -0.4 is 0 Å². The molecule has 0 aromatic heterocycles. The largest absolute Gasteiger partial charge is 0.461 e. The molecule has 12 heteroatoms. The number of alkyl halides is 10. The van der Waals surface area contributed by atoms with Crippen LogP contribution in [0, 0.1) is 5.92 Å². The molecule has 1 rings (SSSR count).